The van der Waals surface area contributed by atoms with Crippen molar-refractivity contribution < 1.29 is 5.11 Å². The molecule has 0 unspecified atom stereocenters. The van der Waals surface area contributed by atoms with Gasteiger partial charge in [0, 0.05) is 24.7 Å². The Hall–Kier alpha value is -1.06. The van der Waals surface area contributed by atoms with Crippen LogP contribution in [0.25, 0.3) is 0 Å². The zero-order valence-electron chi connectivity index (χ0n) is 13.8. The molecule has 1 aromatic rings. The van der Waals surface area contributed by atoms with Crippen LogP contribution in [0.4, 0.5) is 0 Å². The fraction of sp³-hybridized carbons (Fsp3) is 0.667. The van der Waals surface area contributed by atoms with Gasteiger partial charge in [0.05, 0.1) is 0 Å². The van der Waals surface area contributed by atoms with Gasteiger partial charge < -0.3 is 10.0 Å². The largest absolute Gasteiger partial charge is 0.508 e. The van der Waals surface area contributed by atoms with Gasteiger partial charge in [0.2, 0.25) is 0 Å². The Morgan fingerprint density at radius 3 is 2.48 bits per heavy atom. The maximum absolute atomic E-state index is 9.97. The van der Waals surface area contributed by atoms with Crippen molar-refractivity contribution in [3.05, 3.63) is 29.8 Å². The maximum Gasteiger partial charge on any atom is 0.120 e. The summed E-state index contributed by atoms with van der Waals surface area (Å²) in [6.07, 6.45) is 3.90. The fourth-order valence-electron chi connectivity index (χ4n) is 3.24. The van der Waals surface area contributed by atoms with Crippen molar-refractivity contribution in [2.24, 2.45) is 5.92 Å². The molecule has 0 spiro atoms. The SMILES string of the molecule is CC(C)C[C@@H](CN1CCCC1)N(C)Cc1ccccc1O. The number of hydrogen-bond donors (Lipinski definition) is 1. The lowest BCUT2D eigenvalue weighted by Crippen LogP contribution is -2.41. The van der Waals surface area contributed by atoms with Crippen LogP contribution in [0.5, 0.6) is 5.75 Å². The van der Waals surface area contributed by atoms with Crippen molar-refractivity contribution in [1.29, 1.82) is 0 Å². The normalized spacial score (nSPS) is 17.8. The number of aromatic hydroxyl groups is 1. The Kier molecular flexibility index (Phi) is 6.07. The first-order chi connectivity index (χ1) is 10.1. The van der Waals surface area contributed by atoms with Gasteiger partial charge >= 0.3 is 0 Å². The van der Waals surface area contributed by atoms with Gasteiger partial charge in [-0.05, 0) is 51.4 Å². The minimum Gasteiger partial charge on any atom is -0.508 e. The summed E-state index contributed by atoms with van der Waals surface area (Å²) in [5, 5.41) is 9.97. The standard InChI is InChI=1S/C18H30N2O/c1-15(2)12-17(14-20-10-6-7-11-20)19(3)13-16-8-4-5-9-18(16)21/h4-5,8-9,15,17,21H,6-7,10-14H2,1-3H3/t17-/m0/s1. The third kappa shape index (κ3) is 5.01. The van der Waals surface area contributed by atoms with Crippen LogP contribution in [-0.4, -0.2) is 47.6 Å². The summed E-state index contributed by atoms with van der Waals surface area (Å²) >= 11 is 0. The topological polar surface area (TPSA) is 26.7 Å². The molecular formula is C18H30N2O. The van der Waals surface area contributed by atoms with Crippen LogP contribution < -0.4 is 0 Å². The van der Waals surface area contributed by atoms with E-state index in [0.29, 0.717) is 17.7 Å². The van der Waals surface area contributed by atoms with Gasteiger partial charge in [-0.2, -0.15) is 0 Å². The van der Waals surface area contributed by atoms with Gasteiger partial charge in [-0.25, -0.2) is 0 Å². The van der Waals surface area contributed by atoms with E-state index in [1.807, 2.05) is 18.2 Å². The lowest BCUT2D eigenvalue weighted by atomic mass is 10.0. The summed E-state index contributed by atoms with van der Waals surface area (Å²) in [6, 6.07) is 8.24. The van der Waals surface area contributed by atoms with Gasteiger partial charge in [0.25, 0.3) is 0 Å². The predicted octanol–water partition coefficient (Wildman–Crippen LogP) is 3.33. The van der Waals surface area contributed by atoms with Crippen LogP contribution in [0.3, 0.4) is 0 Å². The first-order valence-corrected chi connectivity index (χ1v) is 8.25. The molecule has 21 heavy (non-hydrogen) atoms. The molecule has 0 amide bonds. The smallest absolute Gasteiger partial charge is 0.120 e. The second-order valence-corrected chi connectivity index (χ2v) is 6.83. The fourth-order valence-corrected chi connectivity index (χ4v) is 3.24. The number of rotatable bonds is 7. The maximum atomic E-state index is 9.97. The third-order valence-electron chi connectivity index (χ3n) is 4.45. The van der Waals surface area contributed by atoms with Crippen LogP contribution in [0.2, 0.25) is 0 Å². The first-order valence-electron chi connectivity index (χ1n) is 8.25. The molecule has 0 aliphatic carbocycles. The molecule has 1 aromatic carbocycles. The van der Waals surface area contributed by atoms with E-state index in [1.165, 1.54) is 32.4 Å². The molecule has 1 N–H and O–H groups in total. The molecule has 1 aliphatic heterocycles. The van der Waals surface area contributed by atoms with E-state index in [1.54, 1.807) is 6.07 Å². The summed E-state index contributed by atoms with van der Waals surface area (Å²) in [5.74, 6) is 1.11. The molecule has 1 atom stereocenters. The minimum absolute atomic E-state index is 0.411. The van der Waals surface area contributed by atoms with Crippen molar-refractivity contribution in [2.45, 2.75) is 45.7 Å². The van der Waals surface area contributed by atoms with Crippen molar-refractivity contribution in [3.8, 4) is 5.75 Å². The van der Waals surface area contributed by atoms with Crippen LogP contribution in [0.1, 0.15) is 38.7 Å². The van der Waals surface area contributed by atoms with Crippen molar-refractivity contribution in [3.63, 3.8) is 0 Å². The lowest BCUT2D eigenvalue weighted by molar-refractivity contribution is 0.152. The number of para-hydroxylation sites is 1. The molecule has 0 bridgehead atoms. The number of likely N-dealkylation sites (N-methyl/N-ethyl adjacent to an activating group) is 1. The molecular weight excluding hydrogens is 260 g/mol. The number of likely N-dealkylation sites (tertiary alicyclic amines) is 1. The molecule has 1 aliphatic rings. The molecule has 3 heteroatoms. The summed E-state index contributed by atoms with van der Waals surface area (Å²) in [7, 11) is 2.19. The highest BCUT2D eigenvalue weighted by molar-refractivity contribution is 5.31. The van der Waals surface area contributed by atoms with Gasteiger partial charge in [0.1, 0.15) is 5.75 Å². The Morgan fingerprint density at radius 2 is 1.86 bits per heavy atom. The molecule has 118 valence electrons. The van der Waals surface area contributed by atoms with E-state index < -0.39 is 0 Å². The number of nitrogens with zero attached hydrogens (tertiary/aromatic N) is 2. The molecule has 1 heterocycles. The Morgan fingerprint density at radius 1 is 1.19 bits per heavy atom. The highest BCUT2D eigenvalue weighted by Crippen LogP contribution is 2.21. The summed E-state index contributed by atoms with van der Waals surface area (Å²) < 4.78 is 0. The van der Waals surface area contributed by atoms with Gasteiger partial charge in [-0.3, -0.25) is 4.90 Å². The van der Waals surface area contributed by atoms with E-state index >= 15 is 0 Å². The van der Waals surface area contributed by atoms with Crippen LogP contribution in [0, 0.1) is 5.92 Å². The van der Waals surface area contributed by atoms with Crippen LogP contribution in [0.15, 0.2) is 24.3 Å². The number of benzene rings is 1. The van der Waals surface area contributed by atoms with E-state index in [0.717, 1.165) is 18.7 Å². The van der Waals surface area contributed by atoms with E-state index in [-0.39, 0.29) is 0 Å². The zero-order valence-corrected chi connectivity index (χ0v) is 13.8. The molecule has 1 saturated heterocycles. The highest BCUT2D eigenvalue weighted by atomic mass is 16.3. The van der Waals surface area contributed by atoms with Crippen LogP contribution >= 0.6 is 0 Å². The average Bonchev–Trinajstić information content (AvgIpc) is 2.93. The number of phenolic OH excluding ortho intramolecular Hbond substituents is 1. The number of phenols is 1. The third-order valence-corrected chi connectivity index (χ3v) is 4.45. The quantitative estimate of drug-likeness (QED) is 0.834. The predicted molar refractivity (Wildman–Crippen MR) is 88.5 cm³/mol. The van der Waals surface area contributed by atoms with E-state index in [2.05, 4.69) is 30.7 Å². The lowest BCUT2D eigenvalue weighted by Gasteiger charge is -2.33. The van der Waals surface area contributed by atoms with Gasteiger partial charge in [-0.15, -0.1) is 0 Å². The second-order valence-electron chi connectivity index (χ2n) is 6.83. The zero-order chi connectivity index (χ0) is 15.2. The second kappa shape index (κ2) is 7.81. The molecule has 1 fully saturated rings. The minimum atomic E-state index is 0.411. The average molecular weight is 290 g/mol. The summed E-state index contributed by atoms with van der Waals surface area (Å²) in [6.45, 7) is 9.06. The van der Waals surface area contributed by atoms with E-state index in [4.69, 9.17) is 0 Å². The Balaban J connectivity index is 1.99. The number of hydrogen-bond acceptors (Lipinski definition) is 3. The van der Waals surface area contributed by atoms with Crippen molar-refractivity contribution in [1.82, 2.24) is 9.80 Å². The van der Waals surface area contributed by atoms with Crippen molar-refractivity contribution >= 4 is 0 Å². The molecule has 0 saturated carbocycles. The molecule has 0 radical (unpaired) electrons. The summed E-state index contributed by atoms with van der Waals surface area (Å²) in [5.41, 5.74) is 1.02. The van der Waals surface area contributed by atoms with Gasteiger partial charge in [-0.1, -0.05) is 32.0 Å². The highest BCUT2D eigenvalue weighted by Gasteiger charge is 2.22. The van der Waals surface area contributed by atoms with E-state index in [9.17, 15) is 5.11 Å². The summed E-state index contributed by atoms with van der Waals surface area (Å²) in [4.78, 5) is 5.00. The monoisotopic (exact) mass is 290 g/mol. The molecule has 2 rings (SSSR count). The first kappa shape index (κ1) is 16.3. The van der Waals surface area contributed by atoms with Gasteiger partial charge in [0.15, 0.2) is 0 Å². The molecule has 0 aromatic heterocycles. The van der Waals surface area contributed by atoms with Crippen molar-refractivity contribution in [2.75, 3.05) is 26.7 Å². The Labute approximate surface area is 129 Å². The molecule has 3 nitrogen and oxygen atoms in total. The van der Waals surface area contributed by atoms with Crippen LogP contribution in [-0.2, 0) is 6.54 Å². The Bertz CT molecular complexity index is 427.